The van der Waals surface area contributed by atoms with E-state index in [1.165, 1.54) is 0 Å². The monoisotopic (exact) mass is 401 g/mol. The molecule has 1 fully saturated rings. The third-order valence-electron chi connectivity index (χ3n) is 4.57. The minimum absolute atomic E-state index is 0. The predicted octanol–water partition coefficient (Wildman–Crippen LogP) is 4.16. The largest absolute Gasteiger partial charge is 0.338 e. The van der Waals surface area contributed by atoms with Crippen LogP contribution in [0.3, 0.4) is 0 Å². The number of aryl methyl sites for hydroxylation is 1. The Kier molecular flexibility index (Phi) is 7.44. The van der Waals surface area contributed by atoms with Gasteiger partial charge in [-0.3, -0.25) is 4.79 Å². The molecule has 25 heavy (non-hydrogen) atoms. The van der Waals surface area contributed by atoms with E-state index in [-0.39, 0.29) is 42.2 Å². The van der Waals surface area contributed by atoms with Crippen molar-refractivity contribution < 1.29 is 4.79 Å². The number of hydrogen-bond donors (Lipinski definition) is 1. The highest BCUT2D eigenvalue weighted by Gasteiger charge is 2.35. The molecule has 4 nitrogen and oxygen atoms in total. The Morgan fingerprint density at radius 1 is 1.36 bits per heavy atom. The summed E-state index contributed by atoms with van der Waals surface area (Å²) in [6.45, 7) is 7.67. The first-order chi connectivity index (χ1) is 10.9. The highest BCUT2D eigenvalue weighted by Crippen LogP contribution is 2.29. The number of amides is 1. The number of carbonyl (C=O) groups is 1. The number of thiazole rings is 1. The summed E-state index contributed by atoms with van der Waals surface area (Å²) < 4.78 is 0. The number of aromatic nitrogens is 1. The third kappa shape index (κ3) is 4.73. The Morgan fingerprint density at radius 2 is 2.08 bits per heavy atom. The summed E-state index contributed by atoms with van der Waals surface area (Å²) in [6.07, 6.45) is 0.851. The molecule has 2 heterocycles. The van der Waals surface area contributed by atoms with Crippen molar-refractivity contribution in [3.8, 4) is 10.6 Å². The molecular weight excluding hydrogens is 377 g/mol. The number of carbonyl (C=O) groups excluding carboxylic acids is 1. The van der Waals surface area contributed by atoms with Crippen molar-refractivity contribution in [3.05, 3.63) is 40.9 Å². The summed E-state index contributed by atoms with van der Waals surface area (Å²) in [7, 11) is 0. The molecule has 1 aromatic carbocycles. The molecule has 2 aromatic rings. The van der Waals surface area contributed by atoms with Gasteiger partial charge in [0.15, 0.2) is 0 Å². The molecule has 3 rings (SSSR count). The fraction of sp³-hybridized carbons (Fsp3) is 0.444. The van der Waals surface area contributed by atoms with Crippen LogP contribution in [0.4, 0.5) is 0 Å². The lowest BCUT2D eigenvalue weighted by Crippen LogP contribution is -2.54. The Morgan fingerprint density at radius 3 is 2.68 bits per heavy atom. The van der Waals surface area contributed by atoms with E-state index in [0.717, 1.165) is 34.8 Å². The van der Waals surface area contributed by atoms with Crippen LogP contribution in [0.25, 0.3) is 10.6 Å². The summed E-state index contributed by atoms with van der Waals surface area (Å²) in [4.78, 5) is 19.3. The first kappa shape index (κ1) is 21.9. The van der Waals surface area contributed by atoms with Crippen LogP contribution in [-0.4, -0.2) is 34.9 Å². The van der Waals surface area contributed by atoms with Gasteiger partial charge < -0.3 is 10.6 Å². The second kappa shape index (κ2) is 8.49. The van der Waals surface area contributed by atoms with Crippen LogP contribution in [0.2, 0.25) is 0 Å². The van der Waals surface area contributed by atoms with Crippen molar-refractivity contribution in [1.82, 2.24) is 9.88 Å². The Bertz CT molecular complexity index is 733. The van der Waals surface area contributed by atoms with Crippen molar-refractivity contribution in [2.75, 3.05) is 13.1 Å². The molecule has 2 N–H and O–H groups in total. The van der Waals surface area contributed by atoms with Gasteiger partial charge in [-0.1, -0.05) is 26.0 Å². The van der Waals surface area contributed by atoms with Gasteiger partial charge >= 0.3 is 0 Å². The van der Waals surface area contributed by atoms with E-state index in [4.69, 9.17) is 5.73 Å². The molecule has 7 heteroatoms. The molecule has 1 atom stereocenters. The van der Waals surface area contributed by atoms with E-state index >= 15 is 0 Å². The lowest BCUT2D eigenvalue weighted by atomic mass is 9.79. The van der Waals surface area contributed by atoms with Gasteiger partial charge in [0.05, 0.1) is 0 Å². The predicted molar refractivity (Wildman–Crippen MR) is 109 cm³/mol. The van der Waals surface area contributed by atoms with Gasteiger partial charge in [-0.05, 0) is 30.9 Å². The minimum atomic E-state index is -0.0437. The van der Waals surface area contributed by atoms with E-state index in [1.807, 2.05) is 41.5 Å². The minimum Gasteiger partial charge on any atom is -0.338 e. The molecule has 1 unspecified atom stereocenters. The maximum Gasteiger partial charge on any atom is 0.253 e. The Labute approximate surface area is 165 Å². The van der Waals surface area contributed by atoms with Gasteiger partial charge in [-0.2, -0.15) is 0 Å². The van der Waals surface area contributed by atoms with Crippen LogP contribution in [0.15, 0.2) is 29.6 Å². The molecular formula is C18H25Cl2N3OS. The van der Waals surface area contributed by atoms with Crippen molar-refractivity contribution >= 4 is 42.1 Å². The number of piperidine rings is 1. The lowest BCUT2D eigenvalue weighted by molar-refractivity contribution is 0.0533. The van der Waals surface area contributed by atoms with Crippen molar-refractivity contribution in [2.45, 2.75) is 33.2 Å². The number of rotatable bonds is 2. The molecule has 0 saturated carbocycles. The van der Waals surface area contributed by atoms with Gasteiger partial charge in [0.2, 0.25) is 0 Å². The third-order valence-corrected chi connectivity index (χ3v) is 5.58. The fourth-order valence-electron chi connectivity index (χ4n) is 3.00. The molecule has 1 aromatic heterocycles. The zero-order valence-corrected chi connectivity index (χ0v) is 17.1. The average Bonchev–Trinajstić information content (AvgIpc) is 2.96. The Balaban J connectivity index is 0.00000156. The van der Waals surface area contributed by atoms with Gasteiger partial charge in [0.1, 0.15) is 5.01 Å². The zero-order valence-electron chi connectivity index (χ0n) is 14.7. The highest BCUT2D eigenvalue weighted by atomic mass is 35.5. The quantitative estimate of drug-likeness (QED) is 0.821. The van der Waals surface area contributed by atoms with Crippen LogP contribution in [0, 0.1) is 12.3 Å². The molecule has 1 aliphatic heterocycles. The highest BCUT2D eigenvalue weighted by molar-refractivity contribution is 7.13. The van der Waals surface area contributed by atoms with Crippen LogP contribution >= 0.6 is 36.2 Å². The van der Waals surface area contributed by atoms with Crippen molar-refractivity contribution in [3.63, 3.8) is 0 Å². The first-order valence-corrected chi connectivity index (χ1v) is 8.82. The number of benzene rings is 1. The summed E-state index contributed by atoms with van der Waals surface area (Å²) in [5.41, 5.74) is 8.86. The van der Waals surface area contributed by atoms with E-state index in [1.54, 1.807) is 11.3 Å². The van der Waals surface area contributed by atoms with Gasteiger partial charge in [0, 0.05) is 41.3 Å². The number of likely N-dealkylation sites (tertiary alicyclic amines) is 1. The van der Waals surface area contributed by atoms with E-state index in [9.17, 15) is 4.79 Å². The van der Waals surface area contributed by atoms with E-state index in [0.29, 0.717) is 6.54 Å². The number of halogens is 2. The number of hydrogen-bond acceptors (Lipinski definition) is 4. The van der Waals surface area contributed by atoms with Crippen LogP contribution in [0.5, 0.6) is 0 Å². The topological polar surface area (TPSA) is 59.2 Å². The SMILES string of the molecule is Cc1csc(-c2cccc(C(=O)N3CCC(N)C(C)(C)C3)c2)n1.Cl.Cl. The molecule has 1 saturated heterocycles. The summed E-state index contributed by atoms with van der Waals surface area (Å²) in [5.74, 6) is 0.0834. The van der Waals surface area contributed by atoms with Crippen molar-refractivity contribution in [2.24, 2.45) is 11.1 Å². The smallest absolute Gasteiger partial charge is 0.253 e. The molecule has 1 aliphatic rings. The fourth-order valence-corrected chi connectivity index (χ4v) is 3.80. The molecule has 1 amide bonds. The average molecular weight is 402 g/mol. The first-order valence-electron chi connectivity index (χ1n) is 7.94. The maximum absolute atomic E-state index is 12.9. The molecule has 0 spiro atoms. The standard InChI is InChI=1S/C18H23N3OS.2ClH/c1-12-10-23-16(20-12)13-5-4-6-14(9-13)17(22)21-8-7-15(19)18(2,3)11-21;;/h4-6,9-10,15H,7-8,11,19H2,1-3H3;2*1H. The second-order valence-electron chi connectivity index (χ2n) is 6.99. The molecule has 0 aliphatic carbocycles. The second-order valence-corrected chi connectivity index (χ2v) is 7.84. The van der Waals surface area contributed by atoms with E-state index in [2.05, 4.69) is 18.8 Å². The molecule has 0 bridgehead atoms. The van der Waals surface area contributed by atoms with Gasteiger partial charge in [0.25, 0.3) is 5.91 Å². The van der Waals surface area contributed by atoms with Crippen molar-refractivity contribution in [1.29, 1.82) is 0 Å². The lowest BCUT2D eigenvalue weighted by Gasteiger charge is -2.42. The number of nitrogens with two attached hydrogens (primary N) is 1. The summed E-state index contributed by atoms with van der Waals surface area (Å²) >= 11 is 1.61. The normalized spacial score (nSPS) is 18.9. The zero-order chi connectivity index (χ0) is 16.6. The van der Waals surface area contributed by atoms with Crippen LogP contribution in [0.1, 0.15) is 36.3 Å². The van der Waals surface area contributed by atoms with E-state index < -0.39 is 0 Å². The summed E-state index contributed by atoms with van der Waals surface area (Å²) in [5, 5.41) is 2.98. The maximum atomic E-state index is 12.9. The number of nitrogens with zero attached hydrogens (tertiary/aromatic N) is 2. The van der Waals surface area contributed by atoms with Gasteiger partial charge in [-0.25, -0.2) is 4.98 Å². The Hall–Kier alpha value is -1.14. The van der Waals surface area contributed by atoms with Crippen LogP contribution in [-0.2, 0) is 0 Å². The molecule has 0 radical (unpaired) electrons. The van der Waals surface area contributed by atoms with Crippen LogP contribution < -0.4 is 5.73 Å². The van der Waals surface area contributed by atoms with Gasteiger partial charge in [-0.15, -0.1) is 36.2 Å². The summed E-state index contributed by atoms with van der Waals surface area (Å²) in [6, 6.07) is 7.91. The molecule has 138 valence electrons.